The first-order valence-electron chi connectivity index (χ1n) is 5.74. The average molecular weight is 258 g/mol. The van der Waals surface area contributed by atoms with Crippen molar-refractivity contribution in [3.05, 3.63) is 12.7 Å². The molecule has 0 aliphatic heterocycles. The van der Waals surface area contributed by atoms with Crippen molar-refractivity contribution in [1.82, 2.24) is 10.2 Å². The predicted octanol–water partition coefficient (Wildman–Crippen LogP) is 0.676. The molecule has 18 heavy (non-hydrogen) atoms. The number of aliphatic hydroxyl groups is 1. The number of nitrogens with one attached hydrogen (secondary N) is 1. The van der Waals surface area contributed by atoms with Crippen LogP contribution in [0.4, 0.5) is 4.79 Å². The maximum absolute atomic E-state index is 11.9. The number of hydrogen-bond acceptors (Lipinski definition) is 3. The molecule has 0 spiro atoms. The van der Waals surface area contributed by atoms with Gasteiger partial charge in [0.05, 0.1) is 6.61 Å². The fraction of sp³-hybridized carbons (Fsp3) is 0.667. The average Bonchev–Trinajstić information content (AvgIpc) is 2.23. The van der Waals surface area contributed by atoms with Gasteiger partial charge in [0.25, 0.3) is 0 Å². The first-order valence-corrected chi connectivity index (χ1v) is 5.74. The Kier molecular flexibility index (Phi) is 6.40. The summed E-state index contributed by atoms with van der Waals surface area (Å²) >= 11 is 0. The molecule has 0 aromatic rings. The normalized spacial score (nSPS) is 12.7. The molecule has 0 rings (SSSR count). The highest BCUT2D eigenvalue weighted by molar-refractivity contribution is 5.83. The molecule has 0 saturated heterocycles. The van der Waals surface area contributed by atoms with Gasteiger partial charge in [0, 0.05) is 13.1 Å². The molecule has 1 unspecified atom stereocenters. The minimum Gasteiger partial charge on any atom is -0.480 e. The Morgan fingerprint density at radius 2 is 2.00 bits per heavy atom. The minimum absolute atomic E-state index is 0.133. The smallest absolute Gasteiger partial charge is 0.326 e. The van der Waals surface area contributed by atoms with Crippen LogP contribution < -0.4 is 5.32 Å². The van der Waals surface area contributed by atoms with Crippen LogP contribution in [0.25, 0.3) is 0 Å². The zero-order chi connectivity index (χ0) is 14.3. The van der Waals surface area contributed by atoms with Gasteiger partial charge in [-0.15, -0.1) is 6.58 Å². The number of carbonyl (C=O) groups excluding carboxylic acids is 1. The SMILES string of the molecule is C=CCN(CCO)C(=O)NC(C(=O)O)C(C)(C)C. The van der Waals surface area contributed by atoms with E-state index in [1.54, 1.807) is 20.8 Å². The summed E-state index contributed by atoms with van der Waals surface area (Å²) in [5.74, 6) is -1.08. The maximum atomic E-state index is 11.9. The summed E-state index contributed by atoms with van der Waals surface area (Å²) in [7, 11) is 0. The van der Waals surface area contributed by atoms with Crippen molar-refractivity contribution in [2.45, 2.75) is 26.8 Å². The monoisotopic (exact) mass is 258 g/mol. The largest absolute Gasteiger partial charge is 0.480 e. The molecule has 104 valence electrons. The van der Waals surface area contributed by atoms with Gasteiger partial charge < -0.3 is 20.4 Å². The van der Waals surface area contributed by atoms with Gasteiger partial charge in [-0.2, -0.15) is 0 Å². The van der Waals surface area contributed by atoms with E-state index >= 15 is 0 Å². The summed E-state index contributed by atoms with van der Waals surface area (Å²) in [6, 6.07) is -1.51. The van der Waals surface area contributed by atoms with Crippen LogP contribution in [0.15, 0.2) is 12.7 Å². The number of aliphatic carboxylic acids is 1. The Balaban J connectivity index is 4.76. The Bertz CT molecular complexity index is 310. The molecule has 0 bridgehead atoms. The van der Waals surface area contributed by atoms with E-state index in [1.165, 1.54) is 11.0 Å². The molecule has 0 saturated carbocycles. The van der Waals surface area contributed by atoms with Gasteiger partial charge in [-0.3, -0.25) is 0 Å². The highest BCUT2D eigenvalue weighted by Gasteiger charge is 2.33. The molecule has 0 heterocycles. The van der Waals surface area contributed by atoms with Crippen molar-refractivity contribution >= 4 is 12.0 Å². The van der Waals surface area contributed by atoms with Crippen LogP contribution in [0.5, 0.6) is 0 Å². The Morgan fingerprint density at radius 1 is 1.44 bits per heavy atom. The van der Waals surface area contributed by atoms with E-state index in [-0.39, 0.29) is 19.7 Å². The summed E-state index contributed by atoms with van der Waals surface area (Å²) < 4.78 is 0. The van der Waals surface area contributed by atoms with Crippen LogP contribution >= 0.6 is 0 Å². The summed E-state index contributed by atoms with van der Waals surface area (Å²) in [5, 5.41) is 20.4. The number of carbonyl (C=O) groups is 2. The van der Waals surface area contributed by atoms with Crippen LogP contribution in [0.2, 0.25) is 0 Å². The lowest BCUT2D eigenvalue weighted by atomic mass is 9.87. The van der Waals surface area contributed by atoms with E-state index in [0.29, 0.717) is 0 Å². The summed E-state index contributed by atoms with van der Waals surface area (Å²) in [6.07, 6.45) is 1.52. The van der Waals surface area contributed by atoms with Crippen LogP contribution in [0.3, 0.4) is 0 Å². The van der Waals surface area contributed by atoms with Gasteiger partial charge in [-0.1, -0.05) is 26.8 Å². The summed E-state index contributed by atoms with van der Waals surface area (Å²) in [4.78, 5) is 24.3. The lowest BCUT2D eigenvalue weighted by Gasteiger charge is -2.30. The second-order valence-electron chi connectivity index (χ2n) is 5.05. The lowest BCUT2D eigenvalue weighted by molar-refractivity contribution is -0.142. The summed E-state index contributed by atoms with van der Waals surface area (Å²) in [6.45, 7) is 8.90. The molecule has 0 fully saturated rings. The number of hydrogen-bond donors (Lipinski definition) is 3. The van der Waals surface area contributed by atoms with Crippen LogP contribution in [0.1, 0.15) is 20.8 Å². The molecule has 0 aromatic heterocycles. The zero-order valence-electron chi connectivity index (χ0n) is 11.1. The van der Waals surface area contributed by atoms with Gasteiger partial charge >= 0.3 is 12.0 Å². The van der Waals surface area contributed by atoms with Crippen LogP contribution in [0, 0.1) is 5.41 Å². The van der Waals surface area contributed by atoms with Crippen molar-refractivity contribution in [3.63, 3.8) is 0 Å². The number of amides is 2. The van der Waals surface area contributed by atoms with Gasteiger partial charge in [0.1, 0.15) is 6.04 Å². The van der Waals surface area contributed by atoms with Crippen LogP contribution in [-0.2, 0) is 4.79 Å². The van der Waals surface area contributed by atoms with E-state index in [1.807, 2.05) is 0 Å². The van der Waals surface area contributed by atoms with E-state index in [2.05, 4.69) is 11.9 Å². The molecule has 0 radical (unpaired) electrons. The molecule has 6 nitrogen and oxygen atoms in total. The molecule has 2 amide bonds. The standard InChI is InChI=1S/C12H22N2O4/c1-5-6-14(7-8-15)11(18)13-9(10(16)17)12(2,3)4/h5,9,15H,1,6-8H2,2-4H3,(H,13,18)(H,16,17). The fourth-order valence-electron chi connectivity index (χ4n) is 1.42. The second kappa shape index (κ2) is 7.00. The number of carboxylic acid groups (broad SMARTS) is 1. The Morgan fingerprint density at radius 3 is 2.33 bits per heavy atom. The van der Waals surface area contributed by atoms with Crippen molar-refractivity contribution < 1.29 is 19.8 Å². The van der Waals surface area contributed by atoms with E-state index < -0.39 is 23.5 Å². The van der Waals surface area contributed by atoms with Crippen molar-refractivity contribution in [2.75, 3.05) is 19.7 Å². The first kappa shape index (κ1) is 16.4. The molecule has 1 atom stereocenters. The van der Waals surface area contributed by atoms with Crippen molar-refractivity contribution in [3.8, 4) is 0 Å². The third-order valence-corrected chi connectivity index (χ3v) is 2.39. The van der Waals surface area contributed by atoms with E-state index in [0.717, 1.165) is 0 Å². The van der Waals surface area contributed by atoms with Crippen molar-refractivity contribution in [1.29, 1.82) is 0 Å². The quantitative estimate of drug-likeness (QED) is 0.611. The first-order chi connectivity index (χ1) is 8.23. The number of urea groups is 1. The zero-order valence-corrected chi connectivity index (χ0v) is 11.1. The Labute approximate surface area is 107 Å². The van der Waals surface area contributed by atoms with Crippen LogP contribution in [-0.4, -0.2) is 52.9 Å². The molecule has 0 aliphatic rings. The Hall–Kier alpha value is -1.56. The second-order valence-corrected chi connectivity index (χ2v) is 5.05. The van der Waals surface area contributed by atoms with E-state index in [4.69, 9.17) is 10.2 Å². The molecular formula is C12H22N2O4. The number of carboxylic acids is 1. The van der Waals surface area contributed by atoms with Gasteiger partial charge in [0.2, 0.25) is 0 Å². The molecular weight excluding hydrogens is 236 g/mol. The molecule has 0 aliphatic carbocycles. The molecule has 6 heteroatoms. The number of aliphatic hydroxyl groups excluding tert-OH is 1. The lowest BCUT2D eigenvalue weighted by Crippen LogP contribution is -2.53. The fourth-order valence-corrected chi connectivity index (χ4v) is 1.42. The van der Waals surface area contributed by atoms with Gasteiger partial charge in [0.15, 0.2) is 0 Å². The predicted molar refractivity (Wildman–Crippen MR) is 68.3 cm³/mol. The highest BCUT2D eigenvalue weighted by Crippen LogP contribution is 2.19. The van der Waals surface area contributed by atoms with Gasteiger partial charge in [-0.05, 0) is 5.41 Å². The molecule has 3 N–H and O–H groups in total. The number of nitrogens with zero attached hydrogens (tertiary/aromatic N) is 1. The van der Waals surface area contributed by atoms with Gasteiger partial charge in [-0.25, -0.2) is 9.59 Å². The van der Waals surface area contributed by atoms with E-state index in [9.17, 15) is 9.59 Å². The minimum atomic E-state index is -1.08. The topological polar surface area (TPSA) is 89.9 Å². The molecule has 0 aromatic carbocycles. The third kappa shape index (κ3) is 5.18. The number of rotatable bonds is 6. The summed E-state index contributed by atoms with van der Waals surface area (Å²) in [5.41, 5.74) is -0.597. The maximum Gasteiger partial charge on any atom is 0.326 e. The third-order valence-electron chi connectivity index (χ3n) is 2.39. The highest BCUT2D eigenvalue weighted by atomic mass is 16.4. The van der Waals surface area contributed by atoms with Crippen molar-refractivity contribution in [2.24, 2.45) is 5.41 Å².